The van der Waals surface area contributed by atoms with Gasteiger partial charge in [0.25, 0.3) is 0 Å². The van der Waals surface area contributed by atoms with Gasteiger partial charge in [0.2, 0.25) is 0 Å². The minimum Gasteiger partial charge on any atom is -0.492 e. The van der Waals surface area contributed by atoms with E-state index in [1.54, 1.807) is 0 Å². The fraction of sp³-hybridized carbons (Fsp3) is 0.400. The van der Waals surface area contributed by atoms with Crippen molar-refractivity contribution < 1.29 is 4.74 Å². The molecule has 0 bridgehead atoms. The van der Waals surface area contributed by atoms with E-state index in [1.165, 1.54) is 6.42 Å². The Morgan fingerprint density at radius 2 is 2.23 bits per heavy atom. The topological polar surface area (TPSA) is 9.23 Å². The van der Waals surface area contributed by atoms with E-state index in [0.717, 1.165) is 26.8 Å². The molecule has 0 unspecified atom stereocenters. The third-order valence-electron chi connectivity index (χ3n) is 1.65. The Kier molecular flexibility index (Phi) is 5.09. The van der Waals surface area contributed by atoms with Crippen LogP contribution in [0.4, 0.5) is 0 Å². The van der Waals surface area contributed by atoms with Crippen molar-refractivity contribution in [1.82, 2.24) is 0 Å². The van der Waals surface area contributed by atoms with Gasteiger partial charge in [-0.05, 0) is 47.2 Å². The van der Waals surface area contributed by atoms with Crippen molar-refractivity contribution in [3.63, 3.8) is 0 Å². The maximum atomic E-state index is 5.62. The predicted octanol–water partition coefficient (Wildman–Crippen LogP) is 4.23. The number of hydrogen-bond donors (Lipinski definition) is 0. The molecule has 0 aliphatic heterocycles. The molecule has 0 radical (unpaired) electrons. The molecule has 0 aliphatic rings. The number of unbranched alkanes of at least 4 members (excludes halogenated alkanes) is 1. The minimum absolute atomic E-state index is 0.808. The smallest absolute Gasteiger partial charge is 0.133 e. The van der Waals surface area contributed by atoms with Gasteiger partial charge in [0.05, 0.1) is 10.2 Å². The van der Waals surface area contributed by atoms with Gasteiger partial charge in [-0.3, -0.25) is 0 Å². The van der Waals surface area contributed by atoms with Crippen LogP contribution in [0.5, 0.6) is 5.75 Å². The van der Waals surface area contributed by atoms with Crippen molar-refractivity contribution in [2.75, 3.05) is 6.61 Å². The molecular weight excluding hydrogens is 343 g/mol. The summed E-state index contributed by atoms with van der Waals surface area (Å²) in [4.78, 5) is 0. The Hall–Kier alpha value is 0.230. The van der Waals surface area contributed by atoms with E-state index in [4.69, 9.17) is 4.74 Å². The van der Waals surface area contributed by atoms with Gasteiger partial charge < -0.3 is 4.74 Å². The number of halogens is 2. The lowest BCUT2D eigenvalue weighted by Gasteiger charge is -2.07. The number of hydrogen-bond acceptors (Lipinski definition) is 1. The van der Waals surface area contributed by atoms with Crippen LogP contribution in [0.1, 0.15) is 19.8 Å². The summed E-state index contributed by atoms with van der Waals surface area (Å²) in [6.07, 6.45) is 2.28. The molecular formula is C10H12BrIO. The Balaban J connectivity index is 2.59. The van der Waals surface area contributed by atoms with Gasteiger partial charge >= 0.3 is 0 Å². The van der Waals surface area contributed by atoms with E-state index in [9.17, 15) is 0 Å². The molecule has 0 saturated carbocycles. The number of benzene rings is 1. The van der Waals surface area contributed by atoms with E-state index < -0.39 is 0 Å². The van der Waals surface area contributed by atoms with E-state index in [2.05, 4.69) is 45.4 Å². The molecule has 0 spiro atoms. The molecule has 1 aromatic carbocycles. The molecule has 72 valence electrons. The zero-order chi connectivity index (χ0) is 9.68. The van der Waals surface area contributed by atoms with Crippen LogP contribution in [0.15, 0.2) is 22.7 Å². The van der Waals surface area contributed by atoms with Crippen molar-refractivity contribution in [3.8, 4) is 5.75 Å². The molecule has 1 aromatic rings. The van der Waals surface area contributed by atoms with Crippen LogP contribution in [0.2, 0.25) is 0 Å². The third kappa shape index (κ3) is 3.85. The molecule has 0 N–H and O–H groups in total. The van der Waals surface area contributed by atoms with Crippen LogP contribution in [0, 0.1) is 3.57 Å². The first kappa shape index (κ1) is 11.3. The van der Waals surface area contributed by atoms with E-state index in [1.807, 2.05) is 18.2 Å². The average molecular weight is 355 g/mol. The SMILES string of the molecule is CCCCOc1cc(Br)ccc1I. The van der Waals surface area contributed by atoms with Crippen LogP contribution >= 0.6 is 38.5 Å². The Bertz CT molecular complexity index is 276. The second kappa shape index (κ2) is 5.86. The molecule has 0 atom stereocenters. The van der Waals surface area contributed by atoms with Crippen molar-refractivity contribution in [1.29, 1.82) is 0 Å². The van der Waals surface area contributed by atoms with Crippen LogP contribution < -0.4 is 4.74 Å². The first-order valence-corrected chi connectivity index (χ1v) is 6.19. The van der Waals surface area contributed by atoms with E-state index in [-0.39, 0.29) is 0 Å². The molecule has 3 heteroatoms. The summed E-state index contributed by atoms with van der Waals surface area (Å²) in [7, 11) is 0. The minimum atomic E-state index is 0.808. The third-order valence-corrected chi connectivity index (χ3v) is 3.03. The maximum Gasteiger partial charge on any atom is 0.133 e. The second-order valence-corrected chi connectivity index (χ2v) is 4.85. The Morgan fingerprint density at radius 1 is 1.46 bits per heavy atom. The van der Waals surface area contributed by atoms with Crippen molar-refractivity contribution in [3.05, 3.63) is 26.2 Å². The average Bonchev–Trinajstić information content (AvgIpc) is 2.11. The van der Waals surface area contributed by atoms with Crippen LogP contribution in [-0.4, -0.2) is 6.61 Å². The molecule has 0 fully saturated rings. The number of rotatable bonds is 4. The maximum absolute atomic E-state index is 5.62. The molecule has 0 heterocycles. The fourth-order valence-electron chi connectivity index (χ4n) is 0.914. The van der Waals surface area contributed by atoms with Crippen molar-refractivity contribution in [2.24, 2.45) is 0 Å². The van der Waals surface area contributed by atoms with Gasteiger partial charge in [0.1, 0.15) is 5.75 Å². The zero-order valence-corrected chi connectivity index (χ0v) is 11.3. The molecule has 0 amide bonds. The van der Waals surface area contributed by atoms with Gasteiger partial charge in [-0.15, -0.1) is 0 Å². The van der Waals surface area contributed by atoms with Crippen molar-refractivity contribution >= 4 is 38.5 Å². The summed E-state index contributed by atoms with van der Waals surface area (Å²) < 4.78 is 7.85. The zero-order valence-electron chi connectivity index (χ0n) is 7.52. The molecule has 0 aliphatic carbocycles. The monoisotopic (exact) mass is 354 g/mol. The highest BCUT2D eigenvalue weighted by Crippen LogP contribution is 2.25. The largest absolute Gasteiger partial charge is 0.492 e. The highest BCUT2D eigenvalue weighted by atomic mass is 127. The first-order chi connectivity index (χ1) is 6.24. The summed E-state index contributed by atoms with van der Waals surface area (Å²) in [5, 5.41) is 0. The molecule has 13 heavy (non-hydrogen) atoms. The molecule has 1 rings (SSSR count). The fourth-order valence-corrected chi connectivity index (χ4v) is 1.75. The van der Waals surface area contributed by atoms with Gasteiger partial charge in [-0.2, -0.15) is 0 Å². The summed E-state index contributed by atoms with van der Waals surface area (Å²) >= 11 is 5.70. The van der Waals surface area contributed by atoms with E-state index >= 15 is 0 Å². The standard InChI is InChI=1S/C10H12BrIO/c1-2-3-6-13-10-7-8(11)4-5-9(10)12/h4-5,7H,2-3,6H2,1H3. The van der Waals surface area contributed by atoms with Crippen LogP contribution in [-0.2, 0) is 0 Å². The van der Waals surface area contributed by atoms with Gasteiger partial charge in [0.15, 0.2) is 0 Å². The summed E-state index contributed by atoms with van der Waals surface area (Å²) in [5.41, 5.74) is 0. The lowest BCUT2D eigenvalue weighted by Crippen LogP contribution is -1.97. The molecule has 0 aromatic heterocycles. The van der Waals surface area contributed by atoms with Gasteiger partial charge in [-0.25, -0.2) is 0 Å². The summed E-state index contributed by atoms with van der Waals surface area (Å²) in [6, 6.07) is 6.08. The summed E-state index contributed by atoms with van der Waals surface area (Å²) in [6.45, 7) is 2.97. The Labute approximate surface area is 101 Å². The second-order valence-electron chi connectivity index (χ2n) is 2.78. The van der Waals surface area contributed by atoms with Gasteiger partial charge in [0, 0.05) is 4.47 Å². The highest BCUT2D eigenvalue weighted by Gasteiger charge is 2.00. The highest BCUT2D eigenvalue weighted by molar-refractivity contribution is 14.1. The van der Waals surface area contributed by atoms with E-state index in [0.29, 0.717) is 0 Å². The van der Waals surface area contributed by atoms with Crippen LogP contribution in [0.25, 0.3) is 0 Å². The predicted molar refractivity (Wildman–Crippen MR) is 67.3 cm³/mol. The Morgan fingerprint density at radius 3 is 2.92 bits per heavy atom. The lowest BCUT2D eigenvalue weighted by atomic mass is 10.3. The number of ether oxygens (including phenoxy) is 1. The lowest BCUT2D eigenvalue weighted by molar-refractivity contribution is 0.307. The normalized spacial score (nSPS) is 10.1. The molecule has 1 nitrogen and oxygen atoms in total. The quantitative estimate of drug-likeness (QED) is 0.580. The molecule has 0 saturated heterocycles. The van der Waals surface area contributed by atoms with Crippen LogP contribution in [0.3, 0.4) is 0 Å². The first-order valence-electron chi connectivity index (χ1n) is 4.32. The van der Waals surface area contributed by atoms with Gasteiger partial charge in [-0.1, -0.05) is 29.3 Å². The summed E-state index contributed by atoms with van der Waals surface area (Å²) in [5.74, 6) is 0.975. The van der Waals surface area contributed by atoms with Crippen molar-refractivity contribution in [2.45, 2.75) is 19.8 Å².